The van der Waals surface area contributed by atoms with Crippen molar-refractivity contribution in [2.24, 2.45) is 0 Å². The van der Waals surface area contributed by atoms with Gasteiger partial charge in [-0.05, 0) is 12.5 Å². The molecule has 0 aromatic rings. The number of hydrogen-bond donors (Lipinski definition) is 0. The fourth-order valence-electron chi connectivity index (χ4n) is 1.16. The van der Waals surface area contributed by atoms with Crippen molar-refractivity contribution in [3.05, 3.63) is 22.6 Å². The molecular formula is C8H5O2S. The summed E-state index contributed by atoms with van der Waals surface area (Å²) in [6.07, 6.45) is 4.77. The molecule has 2 nitrogen and oxygen atoms in total. The van der Waals surface area contributed by atoms with Gasteiger partial charge in [-0.3, -0.25) is 9.59 Å². The predicted molar refractivity (Wildman–Crippen MR) is 41.9 cm³/mol. The van der Waals surface area contributed by atoms with E-state index in [-0.39, 0.29) is 5.78 Å². The Kier molecular flexibility index (Phi) is 1.46. The zero-order valence-corrected chi connectivity index (χ0v) is 6.53. The second kappa shape index (κ2) is 2.34. The van der Waals surface area contributed by atoms with Crippen LogP contribution in [-0.2, 0) is 9.59 Å². The van der Waals surface area contributed by atoms with E-state index in [2.05, 4.69) is 6.08 Å². The molecule has 55 valence electrons. The van der Waals surface area contributed by atoms with Crippen LogP contribution in [0.15, 0.2) is 16.6 Å². The van der Waals surface area contributed by atoms with Crippen molar-refractivity contribution in [2.75, 3.05) is 5.75 Å². The number of allylic oxidation sites excluding steroid dienone is 3. The Hall–Kier alpha value is -0.830. The van der Waals surface area contributed by atoms with Gasteiger partial charge in [-0.25, -0.2) is 0 Å². The Labute approximate surface area is 68.3 Å². The Morgan fingerprint density at radius 3 is 3.09 bits per heavy atom. The van der Waals surface area contributed by atoms with E-state index < -0.39 is 5.78 Å². The van der Waals surface area contributed by atoms with Crippen LogP contribution in [0.1, 0.15) is 6.42 Å². The molecule has 0 atom stereocenters. The molecule has 0 fully saturated rings. The van der Waals surface area contributed by atoms with Gasteiger partial charge in [0.2, 0.25) is 11.6 Å². The highest BCUT2D eigenvalue weighted by molar-refractivity contribution is 8.03. The van der Waals surface area contributed by atoms with Crippen LogP contribution in [0.5, 0.6) is 0 Å². The van der Waals surface area contributed by atoms with Gasteiger partial charge in [-0.1, -0.05) is 0 Å². The van der Waals surface area contributed by atoms with E-state index in [0.717, 1.165) is 17.1 Å². The number of carbonyl (C=O) groups is 2. The zero-order valence-electron chi connectivity index (χ0n) is 5.72. The SMILES string of the molecule is O=C1[C]=CC2=C(CCS2)C1=O. The summed E-state index contributed by atoms with van der Waals surface area (Å²) in [6, 6.07) is 0. The van der Waals surface area contributed by atoms with Crippen molar-refractivity contribution < 1.29 is 9.59 Å². The van der Waals surface area contributed by atoms with Crippen molar-refractivity contribution in [2.45, 2.75) is 6.42 Å². The van der Waals surface area contributed by atoms with E-state index in [9.17, 15) is 9.59 Å². The molecule has 0 bridgehead atoms. The van der Waals surface area contributed by atoms with E-state index in [1.54, 1.807) is 17.8 Å². The maximum absolute atomic E-state index is 11.1. The van der Waals surface area contributed by atoms with Gasteiger partial charge in [0.05, 0.1) is 0 Å². The third-order valence-electron chi connectivity index (χ3n) is 1.72. The van der Waals surface area contributed by atoms with Gasteiger partial charge in [-0.15, -0.1) is 11.8 Å². The number of ketones is 2. The summed E-state index contributed by atoms with van der Waals surface area (Å²) in [5.41, 5.74) is 0.693. The molecule has 3 heteroatoms. The Balaban J connectivity index is 2.45. The van der Waals surface area contributed by atoms with Crippen LogP contribution in [0, 0.1) is 6.08 Å². The highest BCUT2D eigenvalue weighted by atomic mass is 32.2. The van der Waals surface area contributed by atoms with Crippen LogP contribution >= 0.6 is 11.8 Å². The number of hydrogen-bond acceptors (Lipinski definition) is 3. The van der Waals surface area contributed by atoms with Crippen molar-refractivity contribution in [3.63, 3.8) is 0 Å². The molecule has 0 aromatic heterocycles. The molecule has 1 radical (unpaired) electrons. The van der Waals surface area contributed by atoms with Crippen LogP contribution in [0.2, 0.25) is 0 Å². The van der Waals surface area contributed by atoms with Gasteiger partial charge in [-0.2, -0.15) is 0 Å². The average molecular weight is 165 g/mol. The lowest BCUT2D eigenvalue weighted by Gasteiger charge is -2.02. The highest BCUT2D eigenvalue weighted by Crippen LogP contribution is 2.34. The fraction of sp³-hybridized carbons (Fsp3) is 0.250. The molecule has 2 rings (SSSR count). The molecule has 0 saturated heterocycles. The molecule has 0 saturated carbocycles. The first-order valence-corrected chi connectivity index (χ1v) is 4.32. The fourth-order valence-corrected chi connectivity index (χ4v) is 2.20. The minimum absolute atomic E-state index is 0.354. The first-order chi connectivity index (χ1) is 5.29. The summed E-state index contributed by atoms with van der Waals surface area (Å²) in [6.45, 7) is 0. The molecule has 0 aromatic carbocycles. The molecule has 0 amide bonds. The van der Waals surface area contributed by atoms with Gasteiger partial charge in [0.25, 0.3) is 0 Å². The second-order valence-corrected chi connectivity index (χ2v) is 3.52. The minimum Gasteiger partial charge on any atom is -0.285 e. The average Bonchev–Trinajstić information content (AvgIpc) is 2.45. The minimum atomic E-state index is -0.494. The molecule has 1 heterocycles. The topological polar surface area (TPSA) is 34.1 Å². The maximum atomic E-state index is 11.1. The van der Waals surface area contributed by atoms with Gasteiger partial charge < -0.3 is 0 Å². The van der Waals surface area contributed by atoms with Crippen molar-refractivity contribution in [1.29, 1.82) is 0 Å². The van der Waals surface area contributed by atoms with E-state index in [1.807, 2.05) is 0 Å². The lowest BCUT2D eigenvalue weighted by atomic mass is 10.0. The Bertz CT molecular complexity index is 299. The Morgan fingerprint density at radius 2 is 2.27 bits per heavy atom. The second-order valence-electron chi connectivity index (χ2n) is 2.39. The van der Waals surface area contributed by atoms with E-state index in [0.29, 0.717) is 5.57 Å². The normalized spacial score (nSPS) is 22.9. The summed E-state index contributed by atoms with van der Waals surface area (Å²) < 4.78 is 0. The van der Waals surface area contributed by atoms with Crippen LogP contribution in [0.4, 0.5) is 0 Å². The largest absolute Gasteiger partial charge is 0.285 e. The quantitative estimate of drug-likeness (QED) is 0.395. The number of rotatable bonds is 0. The van der Waals surface area contributed by atoms with Crippen molar-refractivity contribution in [1.82, 2.24) is 0 Å². The lowest BCUT2D eigenvalue weighted by Crippen LogP contribution is -2.16. The summed E-state index contributed by atoms with van der Waals surface area (Å²) >= 11 is 1.62. The maximum Gasteiger partial charge on any atom is 0.234 e. The first kappa shape index (κ1) is 6.85. The molecule has 11 heavy (non-hydrogen) atoms. The molecule has 0 spiro atoms. The summed E-state index contributed by atoms with van der Waals surface area (Å²) in [5, 5.41) is 0. The van der Waals surface area contributed by atoms with Crippen molar-refractivity contribution >= 4 is 23.3 Å². The van der Waals surface area contributed by atoms with E-state index in [4.69, 9.17) is 0 Å². The monoisotopic (exact) mass is 165 g/mol. The third-order valence-corrected chi connectivity index (χ3v) is 2.81. The van der Waals surface area contributed by atoms with E-state index >= 15 is 0 Å². The standard InChI is InChI=1S/C8H5O2S/c9-6-1-2-7-5(8(6)10)3-4-11-7/h2H,3-4H2. The molecular weight excluding hydrogens is 160 g/mol. The summed E-state index contributed by atoms with van der Waals surface area (Å²) in [5.74, 6) is 0.0701. The highest BCUT2D eigenvalue weighted by Gasteiger charge is 2.27. The molecule has 1 aliphatic heterocycles. The number of Topliss-reactive ketones (excluding diaryl/α,β-unsaturated/α-hetero) is 2. The van der Waals surface area contributed by atoms with Crippen LogP contribution in [0.25, 0.3) is 0 Å². The first-order valence-electron chi connectivity index (χ1n) is 3.33. The predicted octanol–water partition coefficient (Wildman–Crippen LogP) is 0.889. The lowest BCUT2D eigenvalue weighted by molar-refractivity contribution is -0.132. The molecule has 2 aliphatic rings. The van der Waals surface area contributed by atoms with Crippen LogP contribution in [0.3, 0.4) is 0 Å². The van der Waals surface area contributed by atoms with E-state index in [1.165, 1.54) is 0 Å². The smallest absolute Gasteiger partial charge is 0.234 e. The van der Waals surface area contributed by atoms with Gasteiger partial charge in [0, 0.05) is 22.3 Å². The van der Waals surface area contributed by atoms with Crippen LogP contribution < -0.4 is 0 Å². The summed E-state index contributed by atoms with van der Waals surface area (Å²) in [7, 11) is 0. The summed E-state index contributed by atoms with van der Waals surface area (Å²) in [4.78, 5) is 22.8. The van der Waals surface area contributed by atoms with Gasteiger partial charge in [0.1, 0.15) is 0 Å². The third kappa shape index (κ3) is 0.959. The zero-order chi connectivity index (χ0) is 7.84. The number of carbonyl (C=O) groups excluding carboxylic acids is 2. The van der Waals surface area contributed by atoms with Gasteiger partial charge >= 0.3 is 0 Å². The van der Waals surface area contributed by atoms with Gasteiger partial charge in [0.15, 0.2) is 0 Å². The molecule has 0 N–H and O–H groups in total. The Morgan fingerprint density at radius 1 is 1.45 bits per heavy atom. The van der Waals surface area contributed by atoms with Crippen LogP contribution in [-0.4, -0.2) is 17.3 Å². The van der Waals surface area contributed by atoms with Crippen molar-refractivity contribution in [3.8, 4) is 0 Å². The number of thioether (sulfide) groups is 1. The molecule has 0 unspecified atom stereocenters. The molecule has 1 aliphatic carbocycles.